The van der Waals surface area contributed by atoms with E-state index in [4.69, 9.17) is 16.2 Å². The summed E-state index contributed by atoms with van der Waals surface area (Å²) >= 11 is 0. The third-order valence-corrected chi connectivity index (χ3v) is 12.2. The summed E-state index contributed by atoms with van der Waals surface area (Å²) in [7, 11) is 0. The minimum absolute atomic E-state index is 0.0790. The van der Waals surface area contributed by atoms with Crippen LogP contribution >= 0.6 is 0 Å². The molecule has 396 valence electrons. The molecule has 5 aromatic rings. The van der Waals surface area contributed by atoms with E-state index in [-0.39, 0.29) is 5.92 Å². The number of rotatable bonds is 22. The minimum atomic E-state index is -0.0790. The lowest BCUT2D eigenvalue weighted by molar-refractivity contribution is 0.831. The molecule has 0 aliphatic heterocycles. The van der Waals surface area contributed by atoms with E-state index in [1.165, 1.54) is 6.21 Å². The Morgan fingerprint density at radius 2 is 0.909 bits per heavy atom. The summed E-state index contributed by atoms with van der Waals surface area (Å²) in [4.78, 5) is 0. The van der Waals surface area contributed by atoms with Crippen molar-refractivity contribution in [2.75, 3.05) is 0 Å². The lowest BCUT2D eigenvalue weighted by Crippen LogP contribution is -2.04. The Bertz CT molecular complexity index is 3070. The smallest absolute Gasteiger partial charge is 0.0609 e. The highest BCUT2D eigenvalue weighted by atomic mass is 14.4. The third kappa shape index (κ3) is 19.6. The fourth-order valence-electron chi connectivity index (χ4n) is 8.49. The number of allylic oxidation sites excluding steroid dienone is 22. The van der Waals surface area contributed by atoms with Crippen LogP contribution in [0.3, 0.4) is 0 Å². The molecule has 0 spiro atoms. The Morgan fingerprint density at radius 3 is 1.40 bits per heavy atom. The molecule has 0 fully saturated rings. The van der Waals surface area contributed by atoms with Crippen LogP contribution in [0.1, 0.15) is 138 Å². The molecule has 0 saturated heterocycles. The Balaban J connectivity index is 0.00000326. The summed E-state index contributed by atoms with van der Waals surface area (Å²) in [6.07, 6.45) is 32.4. The average molecular weight is 1020 g/mol. The Morgan fingerprint density at radius 1 is 0.506 bits per heavy atom. The quantitative estimate of drug-likeness (QED) is 0.0351. The van der Waals surface area contributed by atoms with Crippen LogP contribution in [0.25, 0.3) is 39.0 Å². The van der Waals surface area contributed by atoms with Crippen LogP contribution in [0, 0.1) is 22.1 Å². The number of benzene rings is 5. The molecule has 5 aromatic carbocycles. The summed E-state index contributed by atoms with van der Waals surface area (Å²) < 4.78 is 0. The standard InChI is InChI=1S/C68H69N3.2C2H6.C2H4/c1-11-17-26-59(65(60-32-20-28-55(43-60)50(9)37-38-69)46-53(16-6)58-31-21-35-63(44-58)67(70)24-13-3)40-48(7)39-51(10)56-29-18-30-57(41-56)52(15-5)47-66(61-33-19-27-54(42-61)49(8)23-12-2)62-34-22-36-64(45-62)68(71)25-14-4;3*1-2/h11-39,41-47,59,69-71H,1,7-8,40H2,2-6,9-10H3;2*1-2H3;1-2H2/b23-12-,24-13-,25-14-,26-17-,50-37+,51-39+,52-15+,53-16+,65-46-,66-47+,69-38?,70-67?,71-68?;;;. The van der Waals surface area contributed by atoms with Crippen LogP contribution in [0.15, 0.2) is 251 Å². The van der Waals surface area contributed by atoms with E-state index in [1.54, 1.807) is 0 Å². The lowest BCUT2D eigenvalue weighted by atomic mass is 9.83. The van der Waals surface area contributed by atoms with Crippen molar-refractivity contribution in [3.05, 3.63) is 307 Å². The molecule has 5 rings (SSSR count). The summed E-state index contributed by atoms with van der Waals surface area (Å²) in [5.74, 6) is -0.0790. The molecule has 0 bridgehead atoms. The van der Waals surface area contributed by atoms with Gasteiger partial charge in [-0.05, 0) is 204 Å². The van der Waals surface area contributed by atoms with E-state index in [0.29, 0.717) is 17.8 Å². The molecular weight excluding hydrogens is 931 g/mol. The fourth-order valence-corrected chi connectivity index (χ4v) is 8.49. The van der Waals surface area contributed by atoms with Gasteiger partial charge < -0.3 is 16.2 Å². The number of nitrogens with one attached hydrogen (secondary N) is 3. The fraction of sp³-hybridized carbons (Fsp3) is 0.176. The first-order valence-electron chi connectivity index (χ1n) is 26.7. The van der Waals surface area contributed by atoms with Crippen molar-refractivity contribution in [1.29, 1.82) is 16.2 Å². The molecule has 0 aromatic heterocycles. The Labute approximate surface area is 465 Å². The SMILES string of the molecule is C=C.C=C/C=C\C(CC(=C)/C=C(\C)c1cccc(C(=C/C)/C=C(\c2cccc(C(=C)/C=C\C)c2)c2cccc(C(=N)/C=C\C)c2)c1)/C(=C/C(=C\C)c1cccc(C(=N)/C=C\C)c1)c1cccc(/C(C)=C/C=N)c1.CC.CC. The van der Waals surface area contributed by atoms with E-state index < -0.39 is 0 Å². The van der Waals surface area contributed by atoms with Crippen molar-refractivity contribution in [3.8, 4) is 0 Å². The van der Waals surface area contributed by atoms with Gasteiger partial charge in [0, 0.05) is 12.1 Å². The summed E-state index contributed by atoms with van der Waals surface area (Å²) in [6.45, 7) is 41.2. The minimum Gasteiger partial charge on any atom is -0.309 e. The van der Waals surface area contributed by atoms with Gasteiger partial charge in [0.15, 0.2) is 0 Å². The predicted molar refractivity (Wildman–Crippen MR) is 348 cm³/mol. The first-order valence-corrected chi connectivity index (χ1v) is 26.7. The molecule has 0 aliphatic carbocycles. The molecule has 3 N–H and O–H groups in total. The second kappa shape index (κ2) is 35.6. The van der Waals surface area contributed by atoms with Gasteiger partial charge in [-0.15, -0.1) is 13.2 Å². The number of hydrogen-bond donors (Lipinski definition) is 3. The van der Waals surface area contributed by atoms with Gasteiger partial charge in [-0.2, -0.15) is 0 Å². The van der Waals surface area contributed by atoms with Gasteiger partial charge in [-0.25, -0.2) is 0 Å². The average Bonchev–Trinajstić information content (AvgIpc) is 3.47. The van der Waals surface area contributed by atoms with E-state index in [1.807, 2.05) is 134 Å². The Kier molecular flexibility index (Phi) is 29.9. The highest BCUT2D eigenvalue weighted by Crippen LogP contribution is 2.36. The van der Waals surface area contributed by atoms with Crippen molar-refractivity contribution in [3.63, 3.8) is 0 Å². The van der Waals surface area contributed by atoms with Gasteiger partial charge in [-0.3, -0.25) is 0 Å². The van der Waals surface area contributed by atoms with Crippen molar-refractivity contribution in [2.24, 2.45) is 5.92 Å². The van der Waals surface area contributed by atoms with Crippen molar-refractivity contribution >= 4 is 56.6 Å². The van der Waals surface area contributed by atoms with Crippen LogP contribution in [0.2, 0.25) is 0 Å². The zero-order chi connectivity index (χ0) is 57.3. The van der Waals surface area contributed by atoms with Crippen molar-refractivity contribution in [1.82, 2.24) is 0 Å². The molecule has 1 atom stereocenters. The zero-order valence-electron chi connectivity index (χ0n) is 48.1. The van der Waals surface area contributed by atoms with E-state index in [0.717, 1.165) is 100 Å². The molecule has 0 saturated carbocycles. The molecule has 0 amide bonds. The number of hydrogen-bond acceptors (Lipinski definition) is 3. The van der Waals surface area contributed by atoms with E-state index in [9.17, 15) is 0 Å². The molecule has 0 radical (unpaired) electrons. The first kappa shape index (κ1) is 64.6. The summed E-state index contributed by atoms with van der Waals surface area (Å²) in [5.41, 5.74) is 19.4. The van der Waals surface area contributed by atoms with Gasteiger partial charge >= 0.3 is 0 Å². The van der Waals surface area contributed by atoms with Crippen molar-refractivity contribution < 1.29 is 0 Å². The summed E-state index contributed by atoms with van der Waals surface area (Å²) in [6, 6.07) is 42.2. The molecule has 0 aliphatic rings. The second-order valence-corrected chi connectivity index (χ2v) is 17.3. The Hall–Kier alpha value is -8.53. The second-order valence-electron chi connectivity index (χ2n) is 17.3. The molecule has 1 unspecified atom stereocenters. The van der Waals surface area contributed by atoms with Gasteiger partial charge in [0.1, 0.15) is 0 Å². The van der Waals surface area contributed by atoms with Gasteiger partial charge in [-0.1, -0.05) is 211 Å². The normalized spacial score (nSPS) is 12.8. The monoisotopic (exact) mass is 1020 g/mol. The first-order chi connectivity index (χ1) is 37.4. The predicted octanol–water partition coefficient (Wildman–Crippen LogP) is 21.5. The van der Waals surface area contributed by atoms with Crippen LogP contribution in [0.5, 0.6) is 0 Å². The molecule has 3 nitrogen and oxygen atoms in total. The topological polar surface area (TPSA) is 71.6 Å². The van der Waals surface area contributed by atoms with Gasteiger partial charge in [0.25, 0.3) is 0 Å². The van der Waals surface area contributed by atoms with Crippen LogP contribution in [-0.4, -0.2) is 17.6 Å². The van der Waals surface area contributed by atoms with Crippen LogP contribution < -0.4 is 0 Å². The van der Waals surface area contributed by atoms with Gasteiger partial charge in [0.05, 0.1) is 11.4 Å². The third-order valence-electron chi connectivity index (χ3n) is 12.2. The maximum Gasteiger partial charge on any atom is 0.0609 e. The van der Waals surface area contributed by atoms with E-state index in [2.05, 4.69) is 187 Å². The molecule has 3 heteroatoms. The van der Waals surface area contributed by atoms with Crippen LogP contribution in [0.4, 0.5) is 0 Å². The molecule has 0 heterocycles. The zero-order valence-corrected chi connectivity index (χ0v) is 48.1. The highest BCUT2D eigenvalue weighted by molar-refractivity contribution is 6.08. The van der Waals surface area contributed by atoms with Crippen LogP contribution in [-0.2, 0) is 0 Å². The maximum absolute atomic E-state index is 8.71. The summed E-state index contributed by atoms with van der Waals surface area (Å²) in [5, 5.41) is 25.1. The van der Waals surface area contributed by atoms with E-state index >= 15 is 0 Å². The largest absolute Gasteiger partial charge is 0.309 e. The van der Waals surface area contributed by atoms with Gasteiger partial charge in [0.2, 0.25) is 0 Å². The highest BCUT2D eigenvalue weighted by Gasteiger charge is 2.18. The van der Waals surface area contributed by atoms with Crippen molar-refractivity contribution in [2.45, 2.75) is 82.6 Å². The molecular formula is C74H85N3. The lowest BCUT2D eigenvalue weighted by Gasteiger charge is -2.21. The maximum atomic E-state index is 8.71. The molecule has 77 heavy (non-hydrogen) atoms.